The van der Waals surface area contributed by atoms with E-state index in [1.807, 2.05) is 55.5 Å². The number of rotatable bonds is 5. The van der Waals surface area contributed by atoms with Crippen LogP contribution in [-0.4, -0.2) is 18.6 Å². The molecular formula is C16H17NO2. The van der Waals surface area contributed by atoms with Crippen molar-refractivity contribution in [3.8, 4) is 0 Å². The fourth-order valence-electron chi connectivity index (χ4n) is 1.72. The number of benzene rings is 2. The summed E-state index contributed by atoms with van der Waals surface area (Å²) in [4.78, 5) is 11.8. The zero-order valence-corrected chi connectivity index (χ0v) is 10.9. The second kappa shape index (κ2) is 6.59. The van der Waals surface area contributed by atoms with E-state index in [1.165, 1.54) is 0 Å². The number of carbonyl (C=O) groups excluding carboxylic acids is 1. The topological polar surface area (TPSA) is 38.3 Å². The molecule has 1 N–H and O–H groups in total. The number of para-hydroxylation sites is 1. The number of esters is 1. The van der Waals surface area contributed by atoms with Crippen molar-refractivity contribution in [3.05, 3.63) is 66.2 Å². The summed E-state index contributed by atoms with van der Waals surface area (Å²) in [5.74, 6) is -0.290. The van der Waals surface area contributed by atoms with Gasteiger partial charge in [-0.3, -0.25) is 0 Å². The van der Waals surface area contributed by atoms with Crippen LogP contribution in [0.4, 0.5) is 5.69 Å². The van der Waals surface area contributed by atoms with E-state index in [0.29, 0.717) is 12.2 Å². The van der Waals surface area contributed by atoms with Crippen molar-refractivity contribution >= 4 is 11.7 Å². The lowest BCUT2D eigenvalue weighted by molar-refractivity contribution is 0.0494. The molecule has 3 heteroatoms. The van der Waals surface area contributed by atoms with Gasteiger partial charge in [-0.2, -0.15) is 0 Å². The molecule has 2 aromatic carbocycles. The number of carbonyl (C=O) groups is 1. The minimum Gasteiger partial charge on any atom is -0.460 e. The Kier molecular flexibility index (Phi) is 4.56. The van der Waals surface area contributed by atoms with Crippen LogP contribution in [-0.2, 0) is 4.74 Å². The van der Waals surface area contributed by atoms with Gasteiger partial charge in [0.25, 0.3) is 0 Å². The predicted octanol–water partition coefficient (Wildman–Crippen LogP) is 3.34. The zero-order valence-electron chi connectivity index (χ0n) is 10.9. The van der Waals surface area contributed by atoms with Crippen LogP contribution in [0.2, 0.25) is 0 Å². The van der Waals surface area contributed by atoms with E-state index in [-0.39, 0.29) is 12.0 Å². The maximum atomic E-state index is 11.8. The SMILES string of the molecule is CC(COC(=O)c1ccccc1)Nc1ccccc1. The summed E-state index contributed by atoms with van der Waals surface area (Å²) in [6, 6.07) is 18.9. The Hall–Kier alpha value is -2.29. The lowest BCUT2D eigenvalue weighted by Crippen LogP contribution is -2.23. The molecule has 3 nitrogen and oxygen atoms in total. The second-order valence-corrected chi connectivity index (χ2v) is 4.38. The van der Waals surface area contributed by atoms with E-state index in [1.54, 1.807) is 12.1 Å². The molecular weight excluding hydrogens is 238 g/mol. The van der Waals surface area contributed by atoms with Crippen molar-refractivity contribution in [2.45, 2.75) is 13.0 Å². The van der Waals surface area contributed by atoms with Crippen LogP contribution >= 0.6 is 0 Å². The van der Waals surface area contributed by atoms with Gasteiger partial charge in [0.2, 0.25) is 0 Å². The number of hydrogen-bond donors (Lipinski definition) is 1. The van der Waals surface area contributed by atoms with Crippen LogP contribution in [0.3, 0.4) is 0 Å². The van der Waals surface area contributed by atoms with E-state index in [4.69, 9.17) is 4.74 Å². The van der Waals surface area contributed by atoms with Gasteiger partial charge in [0, 0.05) is 5.69 Å². The third-order valence-corrected chi connectivity index (χ3v) is 2.66. The van der Waals surface area contributed by atoms with Crippen molar-refractivity contribution in [1.82, 2.24) is 0 Å². The molecule has 0 bridgehead atoms. The molecule has 0 spiro atoms. The summed E-state index contributed by atoms with van der Waals surface area (Å²) in [5.41, 5.74) is 1.60. The lowest BCUT2D eigenvalue weighted by Gasteiger charge is -2.15. The fraction of sp³-hybridized carbons (Fsp3) is 0.188. The van der Waals surface area contributed by atoms with E-state index in [0.717, 1.165) is 5.69 Å². The van der Waals surface area contributed by atoms with Crippen molar-refractivity contribution in [2.24, 2.45) is 0 Å². The number of hydrogen-bond acceptors (Lipinski definition) is 3. The molecule has 0 aromatic heterocycles. The smallest absolute Gasteiger partial charge is 0.338 e. The molecule has 19 heavy (non-hydrogen) atoms. The summed E-state index contributed by atoms with van der Waals surface area (Å²) in [7, 11) is 0. The molecule has 0 amide bonds. The summed E-state index contributed by atoms with van der Waals surface area (Å²) in [5, 5.41) is 3.27. The summed E-state index contributed by atoms with van der Waals surface area (Å²) >= 11 is 0. The minimum atomic E-state index is -0.290. The van der Waals surface area contributed by atoms with Crippen LogP contribution in [0.15, 0.2) is 60.7 Å². The average molecular weight is 255 g/mol. The first-order chi connectivity index (χ1) is 9.25. The largest absolute Gasteiger partial charge is 0.460 e. The fourth-order valence-corrected chi connectivity index (χ4v) is 1.72. The van der Waals surface area contributed by atoms with E-state index >= 15 is 0 Å². The van der Waals surface area contributed by atoms with Gasteiger partial charge in [-0.05, 0) is 31.2 Å². The Bertz CT molecular complexity index is 511. The first kappa shape index (κ1) is 13.1. The Labute approximate surface area is 113 Å². The summed E-state index contributed by atoms with van der Waals surface area (Å²) < 4.78 is 5.26. The van der Waals surface area contributed by atoms with Crippen molar-refractivity contribution in [3.63, 3.8) is 0 Å². The number of ether oxygens (including phenoxy) is 1. The van der Waals surface area contributed by atoms with Crippen LogP contribution < -0.4 is 5.32 Å². The highest BCUT2D eigenvalue weighted by Gasteiger charge is 2.08. The lowest BCUT2D eigenvalue weighted by atomic mass is 10.2. The first-order valence-electron chi connectivity index (χ1n) is 6.29. The van der Waals surface area contributed by atoms with Gasteiger partial charge in [0.05, 0.1) is 11.6 Å². The van der Waals surface area contributed by atoms with Gasteiger partial charge in [0.15, 0.2) is 0 Å². The third-order valence-electron chi connectivity index (χ3n) is 2.66. The molecule has 2 rings (SSSR count). The van der Waals surface area contributed by atoms with Gasteiger partial charge in [-0.15, -0.1) is 0 Å². The van der Waals surface area contributed by atoms with Gasteiger partial charge in [-0.1, -0.05) is 36.4 Å². The molecule has 2 aromatic rings. The van der Waals surface area contributed by atoms with Gasteiger partial charge >= 0.3 is 5.97 Å². The van der Waals surface area contributed by atoms with Crippen LogP contribution in [0, 0.1) is 0 Å². The molecule has 1 atom stereocenters. The number of nitrogens with one attached hydrogen (secondary N) is 1. The van der Waals surface area contributed by atoms with Crippen LogP contribution in [0.5, 0.6) is 0 Å². The zero-order chi connectivity index (χ0) is 13.5. The highest BCUT2D eigenvalue weighted by molar-refractivity contribution is 5.89. The molecule has 0 aliphatic carbocycles. The summed E-state index contributed by atoms with van der Waals surface area (Å²) in [6.45, 7) is 2.31. The van der Waals surface area contributed by atoms with Gasteiger partial charge in [0.1, 0.15) is 6.61 Å². The molecule has 0 radical (unpaired) electrons. The molecule has 1 unspecified atom stereocenters. The monoisotopic (exact) mass is 255 g/mol. The Morgan fingerprint density at radius 1 is 1.05 bits per heavy atom. The van der Waals surface area contributed by atoms with Crippen molar-refractivity contribution in [1.29, 1.82) is 0 Å². The number of anilines is 1. The second-order valence-electron chi connectivity index (χ2n) is 4.38. The Balaban J connectivity index is 1.81. The van der Waals surface area contributed by atoms with Crippen molar-refractivity contribution in [2.75, 3.05) is 11.9 Å². The maximum Gasteiger partial charge on any atom is 0.338 e. The Morgan fingerprint density at radius 2 is 1.63 bits per heavy atom. The molecule has 0 saturated carbocycles. The molecule has 98 valence electrons. The van der Waals surface area contributed by atoms with Crippen LogP contribution in [0.1, 0.15) is 17.3 Å². The molecule has 0 saturated heterocycles. The van der Waals surface area contributed by atoms with Gasteiger partial charge in [-0.25, -0.2) is 4.79 Å². The highest BCUT2D eigenvalue weighted by Crippen LogP contribution is 2.08. The highest BCUT2D eigenvalue weighted by atomic mass is 16.5. The van der Waals surface area contributed by atoms with E-state index in [2.05, 4.69) is 5.32 Å². The summed E-state index contributed by atoms with van der Waals surface area (Å²) in [6.07, 6.45) is 0. The standard InChI is InChI=1S/C16H17NO2/c1-13(17-15-10-6-3-7-11-15)12-19-16(18)14-8-4-2-5-9-14/h2-11,13,17H,12H2,1H3. The van der Waals surface area contributed by atoms with E-state index in [9.17, 15) is 4.79 Å². The first-order valence-corrected chi connectivity index (χ1v) is 6.29. The third kappa shape index (κ3) is 4.14. The van der Waals surface area contributed by atoms with E-state index < -0.39 is 0 Å². The molecule has 0 heterocycles. The van der Waals surface area contributed by atoms with Gasteiger partial charge < -0.3 is 10.1 Å². The quantitative estimate of drug-likeness (QED) is 0.833. The normalized spacial score (nSPS) is 11.6. The van der Waals surface area contributed by atoms with Crippen molar-refractivity contribution < 1.29 is 9.53 Å². The molecule has 0 aliphatic rings. The molecule has 0 aliphatic heterocycles. The molecule has 0 fully saturated rings. The minimum absolute atomic E-state index is 0.0649. The Morgan fingerprint density at radius 3 is 2.26 bits per heavy atom. The average Bonchev–Trinajstić information content (AvgIpc) is 2.47. The van der Waals surface area contributed by atoms with Crippen LogP contribution in [0.25, 0.3) is 0 Å². The maximum absolute atomic E-state index is 11.8. The predicted molar refractivity (Wildman–Crippen MR) is 76.3 cm³/mol.